The summed E-state index contributed by atoms with van der Waals surface area (Å²) in [6.07, 6.45) is 2.30. The van der Waals surface area contributed by atoms with E-state index in [2.05, 4.69) is 17.1 Å². The van der Waals surface area contributed by atoms with Crippen molar-refractivity contribution in [2.24, 2.45) is 5.92 Å². The molecule has 1 aromatic rings. The lowest BCUT2D eigenvalue weighted by atomic mass is 10.0. The topological polar surface area (TPSA) is 79.0 Å². The minimum atomic E-state index is -3.70. The first-order valence-corrected chi connectivity index (χ1v) is 11.5. The molecule has 158 valence electrons. The molecule has 2 rings (SSSR count). The molecule has 0 aromatic heterocycles. The molecule has 28 heavy (non-hydrogen) atoms. The van der Waals surface area contributed by atoms with Crippen LogP contribution in [0, 0.1) is 5.92 Å². The molecule has 0 saturated carbocycles. The van der Waals surface area contributed by atoms with Crippen LogP contribution in [0.2, 0.25) is 0 Å². The molecule has 0 unspecified atom stereocenters. The van der Waals surface area contributed by atoms with Gasteiger partial charge < -0.3 is 10.1 Å². The zero-order valence-corrected chi connectivity index (χ0v) is 18.2. The van der Waals surface area contributed by atoms with Crippen molar-refractivity contribution in [1.29, 1.82) is 0 Å². The second-order valence-corrected chi connectivity index (χ2v) is 9.12. The van der Waals surface area contributed by atoms with Crippen LogP contribution in [0.4, 0.5) is 5.69 Å². The van der Waals surface area contributed by atoms with Crippen LogP contribution in [0.1, 0.15) is 40.5 Å². The monoisotopic (exact) mass is 411 g/mol. The average molecular weight is 412 g/mol. The van der Waals surface area contributed by atoms with Crippen LogP contribution in [0.15, 0.2) is 23.1 Å². The lowest BCUT2D eigenvalue weighted by Crippen LogP contribution is -2.39. The molecule has 1 heterocycles. The first-order chi connectivity index (χ1) is 13.3. The molecule has 0 bridgehead atoms. The maximum atomic E-state index is 13.0. The largest absolute Gasteiger partial charge is 0.492 e. The van der Waals surface area contributed by atoms with Gasteiger partial charge in [0.1, 0.15) is 10.6 Å². The maximum Gasteiger partial charge on any atom is 0.246 e. The molecule has 1 aliphatic heterocycles. The number of carbonyl (C=O) groups excluding carboxylic acids is 1. The van der Waals surface area contributed by atoms with Crippen LogP contribution in [0.25, 0.3) is 0 Å². The van der Waals surface area contributed by atoms with Crippen LogP contribution in [-0.2, 0) is 14.8 Å². The van der Waals surface area contributed by atoms with Gasteiger partial charge in [0.2, 0.25) is 15.9 Å². The van der Waals surface area contributed by atoms with E-state index >= 15 is 0 Å². The number of anilines is 1. The molecule has 1 aliphatic rings. The van der Waals surface area contributed by atoms with Gasteiger partial charge in [-0.05, 0) is 50.4 Å². The highest BCUT2D eigenvalue weighted by atomic mass is 32.2. The third kappa shape index (κ3) is 5.68. The number of nitrogens with zero attached hydrogens (tertiary/aromatic N) is 2. The van der Waals surface area contributed by atoms with Crippen molar-refractivity contribution in [2.45, 2.75) is 45.4 Å². The zero-order valence-electron chi connectivity index (χ0n) is 17.4. The highest BCUT2D eigenvalue weighted by Gasteiger charge is 2.26. The number of nitrogens with one attached hydrogen (secondary N) is 1. The average Bonchev–Trinajstić information content (AvgIpc) is 2.63. The standard InChI is InChI=1S/C20H33N3O4S/c1-5-23(6-2)28(25,26)19-13-17(10-11-18(19)27-7-3)21-20(24)15-22-12-8-9-16(4)14-22/h10-11,13,16H,5-9,12,14-15H2,1-4H3,(H,21,24)/t16-/m1/s1. The Kier molecular flexibility index (Phi) is 8.27. The van der Waals surface area contributed by atoms with E-state index in [-0.39, 0.29) is 10.8 Å². The van der Waals surface area contributed by atoms with Gasteiger partial charge in [0, 0.05) is 25.3 Å². The van der Waals surface area contributed by atoms with E-state index in [0.717, 1.165) is 19.5 Å². The number of sulfonamides is 1. The van der Waals surface area contributed by atoms with Gasteiger partial charge in [-0.25, -0.2) is 8.42 Å². The van der Waals surface area contributed by atoms with E-state index in [1.165, 1.54) is 16.8 Å². The summed E-state index contributed by atoms with van der Waals surface area (Å²) < 4.78 is 32.9. The van der Waals surface area contributed by atoms with E-state index in [1.54, 1.807) is 26.0 Å². The van der Waals surface area contributed by atoms with Crippen molar-refractivity contribution in [3.8, 4) is 5.75 Å². The Morgan fingerprint density at radius 2 is 2.00 bits per heavy atom. The molecule has 8 heteroatoms. The van der Waals surface area contributed by atoms with Gasteiger partial charge in [-0.3, -0.25) is 9.69 Å². The predicted molar refractivity (Wildman–Crippen MR) is 111 cm³/mol. The molecular weight excluding hydrogens is 378 g/mol. The van der Waals surface area contributed by atoms with E-state index in [1.807, 2.05) is 6.92 Å². The molecular formula is C20H33N3O4S. The summed E-state index contributed by atoms with van der Waals surface area (Å²) in [6, 6.07) is 4.79. The van der Waals surface area contributed by atoms with Gasteiger partial charge in [-0.2, -0.15) is 4.31 Å². The van der Waals surface area contributed by atoms with Crippen LogP contribution in [-0.4, -0.2) is 62.9 Å². The smallest absolute Gasteiger partial charge is 0.246 e. The predicted octanol–water partition coefficient (Wildman–Crippen LogP) is 2.79. The van der Waals surface area contributed by atoms with Gasteiger partial charge in [-0.1, -0.05) is 20.8 Å². The Balaban J connectivity index is 2.20. The Morgan fingerprint density at radius 3 is 2.61 bits per heavy atom. The maximum absolute atomic E-state index is 13.0. The van der Waals surface area contributed by atoms with Crippen LogP contribution in [0.5, 0.6) is 5.75 Å². The first kappa shape index (κ1) is 22.6. The fraction of sp³-hybridized carbons (Fsp3) is 0.650. The van der Waals surface area contributed by atoms with Crippen molar-refractivity contribution in [3.63, 3.8) is 0 Å². The number of rotatable bonds is 9. The van der Waals surface area contributed by atoms with Crippen LogP contribution in [0.3, 0.4) is 0 Å². The van der Waals surface area contributed by atoms with E-state index in [9.17, 15) is 13.2 Å². The third-order valence-electron chi connectivity index (χ3n) is 4.96. The second-order valence-electron chi connectivity index (χ2n) is 7.21. The SMILES string of the molecule is CCOc1ccc(NC(=O)CN2CCC[C@@H](C)C2)cc1S(=O)(=O)N(CC)CC. The minimum Gasteiger partial charge on any atom is -0.492 e. The fourth-order valence-electron chi connectivity index (χ4n) is 3.60. The molecule has 0 radical (unpaired) electrons. The summed E-state index contributed by atoms with van der Waals surface area (Å²) in [5.74, 6) is 0.763. The summed E-state index contributed by atoms with van der Waals surface area (Å²) in [5, 5.41) is 2.84. The normalized spacial score (nSPS) is 18.2. The van der Waals surface area contributed by atoms with E-state index in [4.69, 9.17) is 4.74 Å². The van der Waals surface area contributed by atoms with Crippen LogP contribution < -0.4 is 10.1 Å². The number of likely N-dealkylation sites (tertiary alicyclic amines) is 1. The molecule has 1 aromatic carbocycles. The highest BCUT2D eigenvalue weighted by molar-refractivity contribution is 7.89. The summed E-state index contributed by atoms with van der Waals surface area (Å²) >= 11 is 0. The van der Waals surface area contributed by atoms with Crippen molar-refractivity contribution < 1.29 is 17.9 Å². The number of hydrogen-bond donors (Lipinski definition) is 1. The zero-order chi connectivity index (χ0) is 20.7. The van der Waals surface area contributed by atoms with Gasteiger partial charge in [0.15, 0.2) is 0 Å². The number of piperidine rings is 1. The number of benzene rings is 1. The molecule has 1 N–H and O–H groups in total. The van der Waals surface area contributed by atoms with Gasteiger partial charge >= 0.3 is 0 Å². The van der Waals surface area contributed by atoms with E-state index < -0.39 is 10.0 Å². The van der Waals surface area contributed by atoms with Gasteiger partial charge in [-0.15, -0.1) is 0 Å². The lowest BCUT2D eigenvalue weighted by molar-refractivity contribution is -0.117. The number of amides is 1. The van der Waals surface area contributed by atoms with Gasteiger partial charge in [0.05, 0.1) is 13.2 Å². The molecule has 0 spiro atoms. The van der Waals surface area contributed by atoms with Crippen molar-refractivity contribution in [2.75, 3.05) is 44.6 Å². The van der Waals surface area contributed by atoms with Crippen molar-refractivity contribution in [1.82, 2.24) is 9.21 Å². The van der Waals surface area contributed by atoms with Crippen LogP contribution >= 0.6 is 0 Å². The summed E-state index contributed by atoms with van der Waals surface area (Å²) in [4.78, 5) is 14.7. The Morgan fingerprint density at radius 1 is 1.29 bits per heavy atom. The quantitative estimate of drug-likeness (QED) is 0.676. The molecule has 1 atom stereocenters. The molecule has 7 nitrogen and oxygen atoms in total. The number of carbonyl (C=O) groups is 1. The Labute approximate surface area is 169 Å². The lowest BCUT2D eigenvalue weighted by Gasteiger charge is -2.30. The molecule has 1 saturated heterocycles. The van der Waals surface area contributed by atoms with Gasteiger partial charge in [0.25, 0.3) is 0 Å². The molecule has 1 amide bonds. The van der Waals surface area contributed by atoms with E-state index in [0.29, 0.717) is 43.6 Å². The van der Waals surface area contributed by atoms with Crippen molar-refractivity contribution >= 4 is 21.6 Å². The summed E-state index contributed by atoms with van der Waals surface area (Å²) in [6.45, 7) is 10.8. The third-order valence-corrected chi connectivity index (χ3v) is 7.03. The Bertz CT molecular complexity index is 763. The summed E-state index contributed by atoms with van der Waals surface area (Å²) in [7, 11) is -3.70. The number of hydrogen-bond acceptors (Lipinski definition) is 5. The fourth-order valence-corrected chi connectivity index (χ4v) is 5.21. The Hall–Kier alpha value is -1.64. The summed E-state index contributed by atoms with van der Waals surface area (Å²) in [5.41, 5.74) is 0.462. The van der Waals surface area contributed by atoms with Crippen molar-refractivity contribution in [3.05, 3.63) is 18.2 Å². The highest BCUT2D eigenvalue weighted by Crippen LogP contribution is 2.30. The minimum absolute atomic E-state index is 0.0856. The molecule has 0 aliphatic carbocycles. The number of ether oxygens (including phenoxy) is 1. The first-order valence-electron chi connectivity index (χ1n) is 10.1. The second kappa shape index (κ2) is 10.2. The molecule has 1 fully saturated rings.